The van der Waals surface area contributed by atoms with Crippen molar-refractivity contribution in [3.63, 3.8) is 0 Å². The van der Waals surface area contributed by atoms with Crippen LogP contribution in [-0.4, -0.2) is 41.4 Å². The van der Waals surface area contributed by atoms with Crippen LogP contribution in [0, 0.1) is 6.92 Å². The standard InChI is InChI=1S/C12H21N3O2/c1-5-15-11(8-10(2)13-15)9-14(3)7-6-12(16)17-4/h8H,5-7,9H2,1-4H3. The Morgan fingerprint density at radius 2 is 2.29 bits per heavy atom. The molecule has 96 valence electrons. The molecule has 0 atom stereocenters. The van der Waals surface area contributed by atoms with Crippen LogP contribution in [0.15, 0.2) is 6.07 Å². The number of nitrogens with zero attached hydrogens (tertiary/aromatic N) is 3. The van der Waals surface area contributed by atoms with Gasteiger partial charge < -0.3 is 4.74 Å². The third kappa shape index (κ3) is 4.19. The molecule has 5 nitrogen and oxygen atoms in total. The van der Waals surface area contributed by atoms with E-state index < -0.39 is 0 Å². The van der Waals surface area contributed by atoms with E-state index in [1.165, 1.54) is 12.8 Å². The lowest BCUT2D eigenvalue weighted by molar-refractivity contribution is -0.140. The first-order valence-corrected chi connectivity index (χ1v) is 5.85. The smallest absolute Gasteiger partial charge is 0.306 e. The summed E-state index contributed by atoms with van der Waals surface area (Å²) >= 11 is 0. The van der Waals surface area contributed by atoms with Gasteiger partial charge in [-0.3, -0.25) is 14.4 Å². The van der Waals surface area contributed by atoms with Gasteiger partial charge in [0.25, 0.3) is 0 Å². The number of ether oxygens (including phenoxy) is 1. The van der Waals surface area contributed by atoms with E-state index in [4.69, 9.17) is 0 Å². The van der Waals surface area contributed by atoms with E-state index in [0.717, 1.165) is 18.8 Å². The Kier molecular flexibility index (Phi) is 5.15. The molecule has 1 rings (SSSR count). The molecule has 1 aromatic heterocycles. The van der Waals surface area contributed by atoms with Crippen molar-refractivity contribution in [2.45, 2.75) is 33.4 Å². The van der Waals surface area contributed by atoms with Gasteiger partial charge in [0.05, 0.1) is 24.9 Å². The minimum atomic E-state index is -0.169. The molecule has 0 radical (unpaired) electrons. The average Bonchev–Trinajstić information content (AvgIpc) is 2.66. The van der Waals surface area contributed by atoms with Gasteiger partial charge in [0.2, 0.25) is 0 Å². The molecule has 0 saturated carbocycles. The molecule has 5 heteroatoms. The minimum Gasteiger partial charge on any atom is -0.469 e. The van der Waals surface area contributed by atoms with Gasteiger partial charge in [-0.2, -0.15) is 5.10 Å². The SMILES string of the molecule is CCn1nc(C)cc1CN(C)CCC(=O)OC. The number of aryl methyl sites for hydroxylation is 2. The average molecular weight is 239 g/mol. The van der Waals surface area contributed by atoms with Crippen molar-refractivity contribution in [2.24, 2.45) is 0 Å². The highest BCUT2D eigenvalue weighted by atomic mass is 16.5. The van der Waals surface area contributed by atoms with E-state index in [2.05, 4.69) is 27.7 Å². The van der Waals surface area contributed by atoms with E-state index in [0.29, 0.717) is 13.0 Å². The summed E-state index contributed by atoms with van der Waals surface area (Å²) in [7, 11) is 3.41. The van der Waals surface area contributed by atoms with Crippen LogP contribution in [0.25, 0.3) is 0 Å². The topological polar surface area (TPSA) is 47.4 Å². The van der Waals surface area contributed by atoms with Crippen LogP contribution in [0.3, 0.4) is 0 Å². The first-order chi connectivity index (χ1) is 8.06. The lowest BCUT2D eigenvalue weighted by atomic mass is 10.3. The van der Waals surface area contributed by atoms with Crippen molar-refractivity contribution in [3.05, 3.63) is 17.5 Å². The van der Waals surface area contributed by atoms with Crippen LogP contribution in [0.5, 0.6) is 0 Å². The minimum absolute atomic E-state index is 0.169. The normalized spacial score (nSPS) is 10.9. The van der Waals surface area contributed by atoms with Gasteiger partial charge in [-0.15, -0.1) is 0 Å². The van der Waals surface area contributed by atoms with Gasteiger partial charge in [0.1, 0.15) is 0 Å². The van der Waals surface area contributed by atoms with E-state index >= 15 is 0 Å². The number of esters is 1. The largest absolute Gasteiger partial charge is 0.469 e. The van der Waals surface area contributed by atoms with Crippen molar-refractivity contribution in [1.29, 1.82) is 0 Å². The number of carbonyl (C=O) groups excluding carboxylic acids is 1. The highest BCUT2D eigenvalue weighted by molar-refractivity contribution is 5.69. The maximum Gasteiger partial charge on any atom is 0.306 e. The first-order valence-electron chi connectivity index (χ1n) is 5.85. The van der Waals surface area contributed by atoms with E-state index in [-0.39, 0.29) is 5.97 Å². The molecule has 0 spiro atoms. The summed E-state index contributed by atoms with van der Waals surface area (Å²) in [5, 5.41) is 4.39. The maximum atomic E-state index is 11.0. The van der Waals surface area contributed by atoms with Gasteiger partial charge in [-0.1, -0.05) is 0 Å². The summed E-state index contributed by atoms with van der Waals surface area (Å²) in [6, 6.07) is 2.08. The number of methoxy groups -OCH3 is 1. The molecule has 1 aromatic rings. The second kappa shape index (κ2) is 6.39. The molecule has 0 N–H and O–H groups in total. The molecule has 0 unspecified atom stereocenters. The van der Waals surface area contributed by atoms with Crippen molar-refractivity contribution >= 4 is 5.97 Å². The molecule has 0 amide bonds. The lowest BCUT2D eigenvalue weighted by Gasteiger charge is -2.16. The molecular weight excluding hydrogens is 218 g/mol. The molecule has 17 heavy (non-hydrogen) atoms. The van der Waals surface area contributed by atoms with Crippen LogP contribution >= 0.6 is 0 Å². The molecule has 0 aliphatic rings. The lowest BCUT2D eigenvalue weighted by Crippen LogP contribution is -2.23. The Labute approximate surface area is 102 Å². The van der Waals surface area contributed by atoms with Crippen molar-refractivity contribution < 1.29 is 9.53 Å². The highest BCUT2D eigenvalue weighted by Crippen LogP contribution is 2.07. The molecule has 0 saturated heterocycles. The van der Waals surface area contributed by atoms with Gasteiger partial charge in [-0.05, 0) is 27.0 Å². The zero-order valence-corrected chi connectivity index (χ0v) is 11.1. The molecule has 0 fully saturated rings. The summed E-state index contributed by atoms with van der Waals surface area (Å²) in [5.74, 6) is -0.169. The second-order valence-electron chi connectivity index (χ2n) is 4.16. The first kappa shape index (κ1) is 13.7. The van der Waals surface area contributed by atoms with E-state index in [9.17, 15) is 4.79 Å². The van der Waals surface area contributed by atoms with Gasteiger partial charge in [-0.25, -0.2) is 0 Å². The molecule has 0 aliphatic carbocycles. The fraction of sp³-hybridized carbons (Fsp3) is 0.667. The Bertz CT molecular complexity index is 374. The fourth-order valence-corrected chi connectivity index (χ4v) is 1.74. The summed E-state index contributed by atoms with van der Waals surface area (Å²) in [6.45, 7) is 6.43. The summed E-state index contributed by atoms with van der Waals surface area (Å²) in [4.78, 5) is 13.1. The molecule has 0 aliphatic heterocycles. The van der Waals surface area contributed by atoms with Crippen molar-refractivity contribution in [2.75, 3.05) is 20.7 Å². The van der Waals surface area contributed by atoms with E-state index in [1.807, 2.05) is 18.7 Å². The Balaban J connectivity index is 2.49. The predicted molar refractivity (Wildman–Crippen MR) is 65.6 cm³/mol. The number of carbonyl (C=O) groups is 1. The van der Waals surface area contributed by atoms with Crippen molar-refractivity contribution in [3.8, 4) is 0 Å². The van der Waals surface area contributed by atoms with Gasteiger partial charge in [0.15, 0.2) is 0 Å². The van der Waals surface area contributed by atoms with E-state index in [1.54, 1.807) is 0 Å². The number of aromatic nitrogens is 2. The third-order valence-electron chi connectivity index (χ3n) is 2.64. The number of hydrogen-bond acceptors (Lipinski definition) is 4. The molecule has 1 heterocycles. The zero-order valence-electron chi connectivity index (χ0n) is 11.1. The quantitative estimate of drug-likeness (QED) is 0.700. The summed E-state index contributed by atoms with van der Waals surface area (Å²) in [6.07, 6.45) is 0.423. The molecule has 0 bridgehead atoms. The van der Waals surface area contributed by atoms with Crippen molar-refractivity contribution in [1.82, 2.24) is 14.7 Å². The van der Waals surface area contributed by atoms with Crippen LogP contribution in [-0.2, 0) is 22.6 Å². The van der Waals surface area contributed by atoms with Crippen LogP contribution in [0.1, 0.15) is 24.7 Å². The Morgan fingerprint density at radius 1 is 1.59 bits per heavy atom. The monoisotopic (exact) mass is 239 g/mol. The number of rotatable bonds is 6. The molecule has 0 aromatic carbocycles. The Morgan fingerprint density at radius 3 is 2.88 bits per heavy atom. The summed E-state index contributed by atoms with van der Waals surface area (Å²) in [5.41, 5.74) is 2.21. The third-order valence-corrected chi connectivity index (χ3v) is 2.64. The fourth-order valence-electron chi connectivity index (χ4n) is 1.74. The van der Waals surface area contributed by atoms with Gasteiger partial charge in [0, 0.05) is 19.6 Å². The zero-order chi connectivity index (χ0) is 12.8. The highest BCUT2D eigenvalue weighted by Gasteiger charge is 2.09. The number of hydrogen-bond donors (Lipinski definition) is 0. The van der Waals surface area contributed by atoms with Gasteiger partial charge >= 0.3 is 5.97 Å². The summed E-state index contributed by atoms with van der Waals surface area (Å²) < 4.78 is 6.61. The maximum absolute atomic E-state index is 11.0. The second-order valence-corrected chi connectivity index (χ2v) is 4.16. The van der Waals surface area contributed by atoms with Crippen LogP contribution in [0.4, 0.5) is 0 Å². The molecular formula is C12H21N3O2. The Hall–Kier alpha value is -1.36. The van der Waals surface area contributed by atoms with Crippen LogP contribution < -0.4 is 0 Å². The van der Waals surface area contributed by atoms with Crippen LogP contribution in [0.2, 0.25) is 0 Å². The predicted octanol–water partition coefficient (Wildman–Crippen LogP) is 1.21.